The Morgan fingerprint density at radius 2 is 1.86 bits per heavy atom. The van der Waals surface area contributed by atoms with Crippen molar-refractivity contribution < 1.29 is 19.0 Å². The third-order valence-electron chi connectivity index (χ3n) is 6.71. The van der Waals surface area contributed by atoms with Crippen molar-refractivity contribution in [3.05, 3.63) is 59.3 Å². The quantitative estimate of drug-likeness (QED) is 0.517. The number of hydrogen-bond donors (Lipinski definition) is 0. The SMILES string of the molecule is CC(C)c1ccc(CN(CCC2OCC3(CO2)CN(C(=O)OC(C)(C)C)C3)c2ccc(C#N)cn2)cc1. The van der Waals surface area contributed by atoms with Crippen molar-refractivity contribution >= 4 is 11.9 Å². The lowest BCUT2D eigenvalue weighted by Crippen LogP contribution is -2.65. The molecule has 8 heteroatoms. The van der Waals surface area contributed by atoms with Gasteiger partial charge in [-0.05, 0) is 49.9 Å². The van der Waals surface area contributed by atoms with Gasteiger partial charge in [-0.2, -0.15) is 5.26 Å². The van der Waals surface area contributed by atoms with Gasteiger partial charge in [-0.15, -0.1) is 0 Å². The maximum absolute atomic E-state index is 12.3. The first-order chi connectivity index (χ1) is 17.6. The van der Waals surface area contributed by atoms with Gasteiger partial charge < -0.3 is 24.0 Å². The number of amides is 1. The molecule has 2 aliphatic heterocycles. The Morgan fingerprint density at radius 3 is 2.41 bits per heavy atom. The Balaban J connectivity index is 1.32. The summed E-state index contributed by atoms with van der Waals surface area (Å²) >= 11 is 0. The van der Waals surface area contributed by atoms with Crippen molar-refractivity contribution in [3.63, 3.8) is 0 Å². The van der Waals surface area contributed by atoms with E-state index >= 15 is 0 Å². The van der Waals surface area contributed by atoms with Crippen LogP contribution in [-0.2, 0) is 20.8 Å². The zero-order valence-corrected chi connectivity index (χ0v) is 22.6. The fraction of sp³-hybridized carbons (Fsp3) is 0.552. The molecule has 3 heterocycles. The van der Waals surface area contributed by atoms with E-state index in [9.17, 15) is 4.79 Å². The Hall–Kier alpha value is -3.15. The minimum absolute atomic E-state index is 0.153. The minimum Gasteiger partial charge on any atom is -0.444 e. The number of rotatable bonds is 7. The van der Waals surface area contributed by atoms with E-state index in [-0.39, 0.29) is 17.8 Å². The van der Waals surface area contributed by atoms with Crippen LogP contribution >= 0.6 is 0 Å². The molecule has 4 rings (SSSR count). The van der Waals surface area contributed by atoms with Gasteiger partial charge in [0.1, 0.15) is 17.5 Å². The van der Waals surface area contributed by atoms with Crippen LogP contribution in [0.5, 0.6) is 0 Å². The van der Waals surface area contributed by atoms with Crippen LogP contribution in [0.4, 0.5) is 10.6 Å². The van der Waals surface area contributed by atoms with Gasteiger partial charge in [0, 0.05) is 38.8 Å². The van der Waals surface area contributed by atoms with Gasteiger partial charge in [-0.3, -0.25) is 0 Å². The molecule has 1 aromatic carbocycles. The Labute approximate surface area is 220 Å². The third-order valence-corrected chi connectivity index (χ3v) is 6.71. The van der Waals surface area contributed by atoms with Gasteiger partial charge in [0.25, 0.3) is 0 Å². The maximum Gasteiger partial charge on any atom is 0.410 e. The summed E-state index contributed by atoms with van der Waals surface area (Å²) in [5, 5.41) is 9.15. The summed E-state index contributed by atoms with van der Waals surface area (Å²) in [4.78, 5) is 20.7. The first-order valence-electron chi connectivity index (χ1n) is 13.0. The van der Waals surface area contributed by atoms with E-state index in [1.54, 1.807) is 17.2 Å². The van der Waals surface area contributed by atoms with Crippen LogP contribution in [0.3, 0.4) is 0 Å². The summed E-state index contributed by atoms with van der Waals surface area (Å²) < 4.78 is 17.6. The molecule has 1 amide bonds. The number of carbonyl (C=O) groups is 1. The van der Waals surface area contributed by atoms with E-state index in [1.807, 2.05) is 26.8 Å². The summed E-state index contributed by atoms with van der Waals surface area (Å²) in [6, 6.07) is 14.5. The lowest BCUT2D eigenvalue weighted by atomic mass is 9.81. The summed E-state index contributed by atoms with van der Waals surface area (Å²) in [5.74, 6) is 1.30. The molecule has 2 aliphatic rings. The van der Waals surface area contributed by atoms with Gasteiger partial charge in [0.05, 0.1) is 24.2 Å². The van der Waals surface area contributed by atoms with Crippen LogP contribution < -0.4 is 4.90 Å². The molecule has 2 saturated heterocycles. The molecule has 0 atom stereocenters. The first kappa shape index (κ1) is 26.9. The number of benzene rings is 1. The zero-order chi connectivity index (χ0) is 26.6. The number of nitriles is 1. The van der Waals surface area contributed by atoms with Crippen LogP contribution in [0, 0.1) is 16.7 Å². The molecule has 1 spiro atoms. The second kappa shape index (κ2) is 11.1. The lowest BCUT2D eigenvalue weighted by Gasteiger charge is -2.52. The number of likely N-dealkylation sites (tertiary alicyclic amines) is 1. The Bertz CT molecular complexity index is 1090. The standard InChI is InChI=1S/C29H38N4O4/c1-21(2)24-9-6-22(7-10-24)16-32(25-11-8-23(14-30)15-31-25)13-12-26-35-19-29(20-36-26)17-33(18-29)27(34)37-28(3,4)5/h6-11,15,21,26H,12-13,16-20H2,1-5H3. The second-order valence-electron chi connectivity index (χ2n) is 11.5. The lowest BCUT2D eigenvalue weighted by molar-refractivity contribution is -0.254. The molecule has 198 valence electrons. The van der Waals surface area contributed by atoms with Crippen molar-refractivity contribution in [1.82, 2.24) is 9.88 Å². The highest BCUT2D eigenvalue weighted by molar-refractivity contribution is 5.69. The van der Waals surface area contributed by atoms with Crippen molar-refractivity contribution in [3.8, 4) is 6.07 Å². The van der Waals surface area contributed by atoms with Crippen molar-refractivity contribution in [2.75, 3.05) is 37.7 Å². The molecule has 1 aromatic heterocycles. The van der Waals surface area contributed by atoms with E-state index in [2.05, 4.69) is 54.1 Å². The van der Waals surface area contributed by atoms with Crippen molar-refractivity contribution in [2.24, 2.45) is 5.41 Å². The summed E-state index contributed by atoms with van der Waals surface area (Å²) in [5.41, 5.74) is 2.38. The number of aromatic nitrogens is 1. The fourth-order valence-electron chi connectivity index (χ4n) is 4.60. The summed E-state index contributed by atoms with van der Waals surface area (Å²) in [6.07, 6.45) is 1.68. The number of carbonyl (C=O) groups excluding carboxylic acids is 1. The summed E-state index contributed by atoms with van der Waals surface area (Å²) in [6.45, 7) is 13.7. The number of hydrogen-bond acceptors (Lipinski definition) is 7. The number of anilines is 1. The molecule has 0 aliphatic carbocycles. The largest absolute Gasteiger partial charge is 0.444 e. The zero-order valence-electron chi connectivity index (χ0n) is 22.6. The molecule has 8 nitrogen and oxygen atoms in total. The normalized spacial score (nSPS) is 17.4. The van der Waals surface area contributed by atoms with Gasteiger partial charge in [0.15, 0.2) is 6.29 Å². The molecule has 2 fully saturated rings. The van der Waals surface area contributed by atoms with E-state index in [1.165, 1.54) is 11.1 Å². The monoisotopic (exact) mass is 506 g/mol. The van der Waals surface area contributed by atoms with Crippen molar-refractivity contribution in [1.29, 1.82) is 5.26 Å². The molecule has 0 saturated carbocycles. The Morgan fingerprint density at radius 1 is 1.19 bits per heavy atom. The van der Waals surface area contributed by atoms with Gasteiger partial charge in [0.2, 0.25) is 0 Å². The number of nitrogens with zero attached hydrogens (tertiary/aromatic N) is 4. The second-order valence-corrected chi connectivity index (χ2v) is 11.5. The molecule has 0 radical (unpaired) electrons. The number of ether oxygens (including phenoxy) is 3. The fourth-order valence-corrected chi connectivity index (χ4v) is 4.60. The van der Waals surface area contributed by atoms with Crippen molar-refractivity contribution in [2.45, 2.75) is 65.4 Å². The topological polar surface area (TPSA) is 87.9 Å². The van der Waals surface area contributed by atoms with E-state index in [0.717, 1.165) is 5.82 Å². The van der Waals surface area contributed by atoms with Gasteiger partial charge in [-0.1, -0.05) is 38.1 Å². The first-order valence-corrected chi connectivity index (χ1v) is 13.0. The van der Waals surface area contributed by atoms with E-state index < -0.39 is 5.60 Å². The molecule has 0 N–H and O–H groups in total. The maximum atomic E-state index is 12.3. The molecule has 37 heavy (non-hydrogen) atoms. The highest BCUT2D eigenvalue weighted by Gasteiger charge is 2.49. The molecule has 2 aromatic rings. The predicted octanol–water partition coefficient (Wildman–Crippen LogP) is 5.08. The molecule has 0 unspecified atom stereocenters. The average Bonchev–Trinajstić information content (AvgIpc) is 2.84. The molecule has 0 bridgehead atoms. The summed E-state index contributed by atoms with van der Waals surface area (Å²) in [7, 11) is 0. The third kappa shape index (κ3) is 7.00. The number of pyridine rings is 1. The van der Waals surface area contributed by atoms with Crippen LogP contribution in [0.25, 0.3) is 0 Å². The smallest absolute Gasteiger partial charge is 0.410 e. The highest BCUT2D eigenvalue weighted by Crippen LogP contribution is 2.36. The van der Waals surface area contributed by atoms with E-state index in [4.69, 9.17) is 19.5 Å². The van der Waals surface area contributed by atoms with Crippen LogP contribution in [-0.4, -0.2) is 60.7 Å². The van der Waals surface area contributed by atoms with Crippen LogP contribution in [0.2, 0.25) is 0 Å². The van der Waals surface area contributed by atoms with Crippen LogP contribution in [0.15, 0.2) is 42.6 Å². The molecular formula is C29H38N4O4. The van der Waals surface area contributed by atoms with Gasteiger partial charge in [-0.25, -0.2) is 9.78 Å². The molecular weight excluding hydrogens is 468 g/mol. The average molecular weight is 507 g/mol. The van der Waals surface area contributed by atoms with Crippen LogP contribution in [0.1, 0.15) is 63.6 Å². The highest BCUT2D eigenvalue weighted by atomic mass is 16.7. The van der Waals surface area contributed by atoms with E-state index in [0.29, 0.717) is 57.3 Å². The Kier molecular flexibility index (Phi) is 8.05. The van der Waals surface area contributed by atoms with Gasteiger partial charge >= 0.3 is 6.09 Å². The predicted molar refractivity (Wildman–Crippen MR) is 141 cm³/mol. The minimum atomic E-state index is -0.503.